The SMILES string of the molecule is Cc1cccc(CC2(C#N)Cc3ccccc3C2)c1. The summed E-state index contributed by atoms with van der Waals surface area (Å²) in [7, 11) is 0. The van der Waals surface area contributed by atoms with Gasteiger partial charge in [-0.15, -0.1) is 0 Å². The summed E-state index contributed by atoms with van der Waals surface area (Å²) in [5, 5.41) is 9.67. The van der Waals surface area contributed by atoms with Gasteiger partial charge >= 0.3 is 0 Å². The molecule has 0 atom stereocenters. The number of fused-ring (bicyclic) bond motifs is 1. The second kappa shape index (κ2) is 4.55. The molecular formula is C18H17N. The zero-order valence-electron chi connectivity index (χ0n) is 11.2. The molecule has 2 aromatic rings. The molecule has 0 unspecified atom stereocenters. The summed E-state index contributed by atoms with van der Waals surface area (Å²) in [4.78, 5) is 0. The van der Waals surface area contributed by atoms with Crippen LogP contribution < -0.4 is 0 Å². The first-order chi connectivity index (χ1) is 9.21. The molecule has 0 amide bonds. The summed E-state index contributed by atoms with van der Waals surface area (Å²) < 4.78 is 0. The molecule has 0 aliphatic heterocycles. The Morgan fingerprint density at radius 2 is 1.74 bits per heavy atom. The first-order valence-corrected chi connectivity index (χ1v) is 6.74. The molecule has 0 aromatic heterocycles. The topological polar surface area (TPSA) is 23.8 Å². The summed E-state index contributed by atoms with van der Waals surface area (Å²) in [6, 6.07) is 19.6. The van der Waals surface area contributed by atoms with E-state index in [1.165, 1.54) is 22.3 Å². The van der Waals surface area contributed by atoms with E-state index < -0.39 is 0 Å². The molecule has 0 N–H and O–H groups in total. The summed E-state index contributed by atoms with van der Waals surface area (Å²) >= 11 is 0. The predicted molar refractivity (Wildman–Crippen MR) is 76.8 cm³/mol. The molecule has 19 heavy (non-hydrogen) atoms. The minimum Gasteiger partial charge on any atom is -0.198 e. The highest BCUT2D eigenvalue weighted by Gasteiger charge is 2.37. The Morgan fingerprint density at radius 3 is 2.32 bits per heavy atom. The van der Waals surface area contributed by atoms with Gasteiger partial charge in [-0.1, -0.05) is 54.1 Å². The quantitative estimate of drug-likeness (QED) is 0.790. The lowest BCUT2D eigenvalue weighted by Gasteiger charge is -2.20. The van der Waals surface area contributed by atoms with Crippen molar-refractivity contribution in [1.29, 1.82) is 5.26 Å². The Balaban J connectivity index is 1.90. The maximum atomic E-state index is 9.67. The largest absolute Gasteiger partial charge is 0.198 e. The smallest absolute Gasteiger partial charge is 0.0700 e. The van der Waals surface area contributed by atoms with Crippen molar-refractivity contribution in [3.63, 3.8) is 0 Å². The van der Waals surface area contributed by atoms with Crippen LogP contribution >= 0.6 is 0 Å². The van der Waals surface area contributed by atoms with Crippen LogP contribution in [0.4, 0.5) is 0 Å². The van der Waals surface area contributed by atoms with E-state index in [1.807, 2.05) is 0 Å². The Kier molecular flexibility index (Phi) is 2.87. The highest BCUT2D eigenvalue weighted by atomic mass is 14.4. The Morgan fingerprint density at radius 1 is 1.05 bits per heavy atom. The molecule has 0 heterocycles. The average molecular weight is 247 g/mol. The van der Waals surface area contributed by atoms with Gasteiger partial charge in [0.1, 0.15) is 0 Å². The normalized spacial score (nSPS) is 15.8. The number of hydrogen-bond donors (Lipinski definition) is 0. The van der Waals surface area contributed by atoms with E-state index in [0.717, 1.165) is 19.3 Å². The van der Waals surface area contributed by atoms with Crippen LogP contribution in [-0.2, 0) is 19.3 Å². The van der Waals surface area contributed by atoms with Crippen LogP contribution in [0.5, 0.6) is 0 Å². The van der Waals surface area contributed by atoms with Crippen LogP contribution in [0.2, 0.25) is 0 Å². The summed E-state index contributed by atoms with van der Waals surface area (Å²) in [5.74, 6) is 0. The second-order valence-electron chi connectivity index (χ2n) is 5.68. The molecule has 2 aromatic carbocycles. The van der Waals surface area contributed by atoms with Gasteiger partial charge < -0.3 is 0 Å². The van der Waals surface area contributed by atoms with Crippen molar-refractivity contribution < 1.29 is 0 Å². The zero-order valence-corrected chi connectivity index (χ0v) is 11.2. The van der Waals surface area contributed by atoms with E-state index in [4.69, 9.17) is 0 Å². The molecule has 3 rings (SSSR count). The van der Waals surface area contributed by atoms with Gasteiger partial charge in [-0.3, -0.25) is 0 Å². The Labute approximate surface area is 114 Å². The molecule has 0 saturated carbocycles. The van der Waals surface area contributed by atoms with E-state index in [1.54, 1.807) is 0 Å². The number of rotatable bonds is 2. The van der Waals surface area contributed by atoms with Gasteiger partial charge in [0.2, 0.25) is 0 Å². The molecule has 0 fully saturated rings. The van der Waals surface area contributed by atoms with Crippen molar-refractivity contribution in [3.05, 3.63) is 70.8 Å². The zero-order chi connectivity index (χ0) is 13.3. The predicted octanol–water partition coefficient (Wildman–Crippen LogP) is 3.85. The highest BCUT2D eigenvalue weighted by Crippen LogP contribution is 2.39. The van der Waals surface area contributed by atoms with Gasteiger partial charge in [0.15, 0.2) is 0 Å². The standard InChI is InChI=1S/C18H17N/c1-14-5-4-6-15(9-14)10-18(13-19)11-16-7-2-3-8-17(16)12-18/h2-9H,10-12H2,1H3. The first kappa shape index (κ1) is 12.0. The van der Waals surface area contributed by atoms with Crippen molar-refractivity contribution in [2.75, 3.05) is 0 Å². The molecule has 0 spiro atoms. The molecule has 94 valence electrons. The molecule has 1 heteroatoms. The Bertz CT molecular complexity index is 624. The number of hydrogen-bond acceptors (Lipinski definition) is 1. The van der Waals surface area contributed by atoms with Crippen molar-refractivity contribution in [1.82, 2.24) is 0 Å². The van der Waals surface area contributed by atoms with E-state index in [2.05, 4.69) is 61.5 Å². The number of nitrogens with zero attached hydrogens (tertiary/aromatic N) is 1. The molecule has 0 radical (unpaired) electrons. The minimum absolute atomic E-state index is 0.252. The fourth-order valence-electron chi connectivity index (χ4n) is 3.15. The van der Waals surface area contributed by atoms with Gasteiger partial charge in [-0.25, -0.2) is 0 Å². The van der Waals surface area contributed by atoms with E-state index in [-0.39, 0.29) is 5.41 Å². The third-order valence-corrected chi connectivity index (χ3v) is 4.04. The lowest BCUT2D eigenvalue weighted by atomic mass is 9.80. The maximum absolute atomic E-state index is 9.67. The van der Waals surface area contributed by atoms with Gasteiger partial charge in [0.05, 0.1) is 11.5 Å². The summed E-state index contributed by atoms with van der Waals surface area (Å²) in [5.41, 5.74) is 4.97. The second-order valence-corrected chi connectivity index (χ2v) is 5.68. The molecule has 0 saturated heterocycles. The maximum Gasteiger partial charge on any atom is 0.0700 e. The molecule has 0 bridgehead atoms. The van der Waals surface area contributed by atoms with Gasteiger partial charge in [0, 0.05) is 0 Å². The summed E-state index contributed by atoms with van der Waals surface area (Å²) in [6.07, 6.45) is 2.61. The van der Waals surface area contributed by atoms with Crippen LogP contribution in [-0.4, -0.2) is 0 Å². The van der Waals surface area contributed by atoms with Crippen molar-refractivity contribution in [2.45, 2.75) is 26.2 Å². The monoisotopic (exact) mass is 247 g/mol. The molecule has 1 aliphatic carbocycles. The lowest BCUT2D eigenvalue weighted by molar-refractivity contribution is 0.418. The average Bonchev–Trinajstić information content (AvgIpc) is 2.77. The van der Waals surface area contributed by atoms with Crippen LogP contribution in [0.15, 0.2) is 48.5 Å². The van der Waals surface area contributed by atoms with Crippen LogP contribution in [0.1, 0.15) is 22.3 Å². The number of aryl methyl sites for hydroxylation is 1. The third-order valence-electron chi connectivity index (χ3n) is 4.04. The third kappa shape index (κ3) is 2.27. The van der Waals surface area contributed by atoms with Gasteiger partial charge in [0.25, 0.3) is 0 Å². The highest BCUT2D eigenvalue weighted by molar-refractivity contribution is 5.38. The van der Waals surface area contributed by atoms with Crippen LogP contribution in [0.25, 0.3) is 0 Å². The Hall–Kier alpha value is -2.07. The van der Waals surface area contributed by atoms with Crippen molar-refractivity contribution >= 4 is 0 Å². The molecular weight excluding hydrogens is 230 g/mol. The number of nitriles is 1. The van der Waals surface area contributed by atoms with Gasteiger partial charge in [-0.05, 0) is 42.9 Å². The van der Waals surface area contributed by atoms with Crippen LogP contribution in [0, 0.1) is 23.7 Å². The van der Waals surface area contributed by atoms with Crippen molar-refractivity contribution in [2.24, 2.45) is 5.41 Å². The minimum atomic E-state index is -0.252. The number of benzene rings is 2. The fraction of sp³-hybridized carbons (Fsp3) is 0.278. The van der Waals surface area contributed by atoms with E-state index in [0.29, 0.717) is 0 Å². The van der Waals surface area contributed by atoms with E-state index in [9.17, 15) is 5.26 Å². The molecule has 1 nitrogen and oxygen atoms in total. The van der Waals surface area contributed by atoms with Crippen LogP contribution in [0.3, 0.4) is 0 Å². The lowest BCUT2D eigenvalue weighted by Crippen LogP contribution is -2.22. The fourth-order valence-corrected chi connectivity index (χ4v) is 3.15. The van der Waals surface area contributed by atoms with Gasteiger partial charge in [-0.2, -0.15) is 5.26 Å². The summed E-state index contributed by atoms with van der Waals surface area (Å²) in [6.45, 7) is 2.10. The first-order valence-electron chi connectivity index (χ1n) is 6.74. The van der Waals surface area contributed by atoms with Crippen molar-refractivity contribution in [3.8, 4) is 6.07 Å². The molecule has 1 aliphatic rings. The van der Waals surface area contributed by atoms with E-state index >= 15 is 0 Å².